The monoisotopic (exact) mass is 493 g/mol. The second-order valence-corrected chi connectivity index (χ2v) is 9.82. The summed E-state index contributed by atoms with van der Waals surface area (Å²) in [5, 5.41) is 3.66. The molecule has 0 radical (unpaired) electrons. The molecule has 1 N–H and O–H groups in total. The van der Waals surface area contributed by atoms with Crippen LogP contribution in [0.1, 0.15) is 38.1 Å². The molecule has 10 heteroatoms. The van der Waals surface area contributed by atoms with Crippen molar-refractivity contribution in [2.45, 2.75) is 44.9 Å². The van der Waals surface area contributed by atoms with Crippen LogP contribution >= 0.6 is 23.4 Å². The van der Waals surface area contributed by atoms with E-state index in [-0.39, 0.29) is 40.4 Å². The number of hydrogen-bond donors (Lipinski definition) is 1. The lowest BCUT2D eigenvalue weighted by Crippen LogP contribution is -2.54. The molecule has 2 aromatic rings. The summed E-state index contributed by atoms with van der Waals surface area (Å²) in [6.45, 7) is 9.46. The van der Waals surface area contributed by atoms with Crippen molar-refractivity contribution in [1.29, 1.82) is 0 Å². The Morgan fingerprint density at radius 1 is 1.24 bits per heavy atom. The van der Waals surface area contributed by atoms with E-state index >= 15 is 0 Å². The number of thioether (sulfide) groups is 1. The lowest BCUT2D eigenvalue weighted by atomic mass is 10.1. The molecule has 1 aliphatic heterocycles. The second kappa shape index (κ2) is 11.2. The molecule has 0 bridgehead atoms. The zero-order valence-corrected chi connectivity index (χ0v) is 20.8. The Morgan fingerprint density at radius 3 is 2.64 bits per heavy atom. The van der Waals surface area contributed by atoms with Crippen molar-refractivity contribution in [2.75, 3.05) is 30.3 Å². The zero-order valence-electron chi connectivity index (χ0n) is 19.2. The van der Waals surface area contributed by atoms with Crippen LogP contribution in [0.3, 0.4) is 0 Å². The van der Waals surface area contributed by atoms with Crippen LogP contribution in [0.5, 0.6) is 0 Å². The van der Waals surface area contributed by atoms with E-state index in [0.717, 1.165) is 0 Å². The molecule has 1 saturated heterocycles. The molecular formula is C23H29ClFN5O2S. The molecule has 0 saturated carbocycles. The smallest absolute Gasteiger partial charge is 0.257 e. The van der Waals surface area contributed by atoms with Crippen LogP contribution in [0.2, 0.25) is 5.15 Å². The quantitative estimate of drug-likeness (QED) is 0.358. The van der Waals surface area contributed by atoms with E-state index in [2.05, 4.69) is 29.1 Å². The van der Waals surface area contributed by atoms with Crippen molar-refractivity contribution >= 4 is 41.0 Å². The highest BCUT2D eigenvalue weighted by Crippen LogP contribution is 2.25. The molecule has 1 aromatic heterocycles. The van der Waals surface area contributed by atoms with Gasteiger partial charge in [-0.2, -0.15) is 0 Å². The largest absolute Gasteiger partial charge is 0.353 e. The minimum atomic E-state index is -0.520. The van der Waals surface area contributed by atoms with Gasteiger partial charge in [-0.3, -0.25) is 9.59 Å². The number of benzene rings is 1. The molecule has 2 atom stereocenters. The number of nitrogens with zero attached hydrogens (tertiary/aromatic N) is 4. The third-order valence-corrected chi connectivity index (χ3v) is 6.74. The predicted octanol–water partition coefficient (Wildman–Crippen LogP) is 3.87. The second-order valence-electron chi connectivity index (χ2n) is 8.49. The number of halogens is 2. The van der Waals surface area contributed by atoms with Gasteiger partial charge in [0, 0.05) is 37.8 Å². The molecule has 1 aromatic carbocycles. The summed E-state index contributed by atoms with van der Waals surface area (Å²) < 4.78 is 14.1. The highest BCUT2D eigenvalue weighted by molar-refractivity contribution is 7.99. The number of amides is 2. The fraction of sp³-hybridized carbons (Fsp3) is 0.478. The summed E-state index contributed by atoms with van der Waals surface area (Å²) in [7, 11) is 0. The van der Waals surface area contributed by atoms with Gasteiger partial charge < -0.3 is 15.1 Å². The molecule has 2 unspecified atom stereocenters. The van der Waals surface area contributed by atoms with Gasteiger partial charge in [0.15, 0.2) is 5.16 Å². The number of carbonyl (C=O) groups excluding carboxylic acids is 2. The standard InChI is InChI=1S/C23H29ClFN5O2S/c1-14(2)16(4)26-21(31)13-33-23-27-19(24)11-20(28-23)29-9-10-30(15(3)12-29)22(32)17-7-5-6-8-18(17)25/h5-8,11,14-16H,9-10,12-13H2,1-4H3,(H,26,31). The first-order valence-corrected chi connectivity index (χ1v) is 12.3. The molecule has 33 heavy (non-hydrogen) atoms. The number of anilines is 1. The fourth-order valence-corrected chi connectivity index (χ4v) is 4.35. The van der Waals surface area contributed by atoms with E-state index in [1.54, 1.807) is 23.1 Å². The maximum Gasteiger partial charge on any atom is 0.257 e. The topological polar surface area (TPSA) is 78.4 Å². The SMILES string of the molecule is CC(C)C(C)NC(=O)CSc1nc(Cl)cc(N2CCN(C(=O)c3ccccc3F)C(C)C2)n1. The Balaban J connectivity index is 1.64. The number of hydrogen-bond acceptors (Lipinski definition) is 6. The van der Waals surface area contributed by atoms with Gasteiger partial charge in [-0.15, -0.1) is 0 Å². The molecule has 0 spiro atoms. The molecule has 1 aliphatic rings. The number of piperazine rings is 1. The lowest BCUT2D eigenvalue weighted by molar-refractivity contribution is -0.119. The maximum absolute atomic E-state index is 14.1. The summed E-state index contributed by atoms with van der Waals surface area (Å²) in [4.78, 5) is 37.5. The van der Waals surface area contributed by atoms with Gasteiger partial charge in [-0.05, 0) is 31.9 Å². The van der Waals surface area contributed by atoms with Crippen molar-refractivity contribution in [3.8, 4) is 0 Å². The molecule has 2 heterocycles. The van der Waals surface area contributed by atoms with E-state index in [1.807, 2.05) is 18.7 Å². The minimum Gasteiger partial charge on any atom is -0.353 e. The van der Waals surface area contributed by atoms with E-state index in [9.17, 15) is 14.0 Å². The average molecular weight is 494 g/mol. The van der Waals surface area contributed by atoms with Crippen LogP contribution in [-0.4, -0.2) is 64.2 Å². The molecule has 3 rings (SSSR count). The van der Waals surface area contributed by atoms with E-state index in [4.69, 9.17) is 11.6 Å². The fourth-order valence-electron chi connectivity index (χ4n) is 3.46. The van der Waals surface area contributed by atoms with E-state index in [0.29, 0.717) is 36.5 Å². The van der Waals surface area contributed by atoms with E-state index < -0.39 is 5.82 Å². The van der Waals surface area contributed by atoms with Gasteiger partial charge in [0.2, 0.25) is 5.91 Å². The van der Waals surface area contributed by atoms with Gasteiger partial charge in [-0.25, -0.2) is 14.4 Å². The Labute approximate surface area is 203 Å². The van der Waals surface area contributed by atoms with Crippen molar-refractivity contribution in [1.82, 2.24) is 20.2 Å². The number of aromatic nitrogens is 2. The molecular weight excluding hydrogens is 465 g/mol. The van der Waals surface area contributed by atoms with Crippen LogP contribution in [-0.2, 0) is 4.79 Å². The normalized spacial score (nSPS) is 17.2. The molecule has 7 nitrogen and oxygen atoms in total. The molecule has 178 valence electrons. The number of carbonyl (C=O) groups is 2. The van der Waals surface area contributed by atoms with Gasteiger partial charge in [0.05, 0.1) is 11.3 Å². The third-order valence-electron chi connectivity index (χ3n) is 5.70. The summed E-state index contributed by atoms with van der Waals surface area (Å²) in [5.74, 6) is 0.252. The molecule has 0 aliphatic carbocycles. The average Bonchev–Trinajstić information content (AvgIpc) is 2.77. The van der Waals surface area contributed by atoms with Crippen LogP contribution < -0.4 is 10.2 Å². The Bertz CT molecular complexity index is 1010. The first-order valence-electron chi connectivity index (χ1n) is 10.9. The number of nitrogens with one attached hydrogen (secondary N) is 1. The summed E-state index contributed by atoms with van der Waals surface area (Å²) >= 11 is 7.45. The highest BCUT2D eigenvalue weighted by Gasteiger charge is 2.30. The van der Waals surface area contributed by atoms with Gasteiger partial charge >= 0.3 is 0 Å². The van der Waals surface area contributed by atoms with Crippen LogP contribution in [0.4, 0.5) is 10.2 Å². The summed E-state index contributed by atoms with van der Waals surface area (Å²) in [6.07, 6.45) is 0. The van der Waals surface area contributed by atoms with Crippen LogP contribution in [0.25, 0.3) is 0 Å². The van der Waals surface area contributed by atoms with Gasteiger partial charge in [0.25, 0.3) is 5.91 Å². The number of rotatable bonds is 7. The van der Waals surface area contributed by atoms with Crippen molar-refractivity contribution < 1.29 is 14.0 Å². The van der Waals surface area contributed by atoms with Gasteiger partial charge in [-0.1, -0.05) is 49.3 Å². The van der Waals surface area contributed by atoms with Crippen molar-refractivity contribution in [3.63, 3.8) is 0 Å². The van der Waals surface area contributed by atoms with Gasteiger partial charge in [0.1, 0.15) is 16.8 Å². The zero-order chi connectivity index (χ0) is 24.1. The van der Waals surface area contributed by atoms with Crippen molar-refractivity contribution in [3.05, 3.63) is 46.9 Å². The Kier molecular flexibility index (Phi) is 8.53. The first-order chi connectivity index (χ1) is 15.7. The Hall–Kier alpha value is -2.39. The predicted molar refractivity (Wildman–Crippen MR) is 129 cm³/mol. The Morgan fingerprint density at radius 2 is 1.97 bits per heavy atom. The third kappa shape index (κ3) is 6.57. The minimum absolute atomic E-state index is 0.0756. The van der Waals surface area contributed by atoms with E-state index in [1.165, 1.54) is 23.9 Å². The summed E-state index contributed by atoms with van der Waals surface area (Å²) in [6, 6.07) is 7.62. The summed E-state index contributed by atoms with van der Waals surface area (Å²) in [5.41, 5.74) is 0.0756. The molecule has 2 amide bonds. The first kappa shape index (κ1) is 25.2. The van der Waals surface area contributed by atoms with Crippen molar-refractivity contribution in [2.24, 2.45) is 5.92 Å². The molecule has 1 fully saturated rings. The van der Waals surface area contributed by atoms with Crippen LogP contribution in [0, 0.1) is 11.7 Å². The maximum atomic E-state index is 14.1. The van der Waals surface area contributed by atoms with Crippen LogP contribution in [0.15, 0.2) is 35.5 Å². The highest BCUT2D eigenvalue weighted by atomic mass is 35.5. The lowest BCUT2D eigenvalue weighted by Gasteiger charge is -2.40.